The zero-order valence-corrected chi connectivity index (χ0v) is 10.4. The first-order chi connectivity index (χ1) is 6.74. The van der Waals surface area contributed by atoms with Gasteiger partial charge in [0, 0.05) is 12.6 Å². The van der Waals surface area contributed by atoms with Gasteiger partial charge < -0.3 is 15.2 Å². The summed E-state index contributed by atoms with van der Waals surface area (Å²) in [5, 5.41) is 12.1. The van der Waals surface area contributed by atoms with Crippen molar-refractivity contribution >= 4 is 5.97 Å². The number of rotatable bonds is 7. The highest BCUT2D eigenvalue weighted by Gasteiger charge is 2.33. The van der Waals surface area contributed by atoms with E-state index in [2.05, 4.69) is 5.32 Å². The summed E-state index contributed by atoms with van der Waals surface area (Å²) < 4.78 is 5.33. The summed E-state index contributed by atoms with van der Waals surface area (Å²) >= 11 is 0. The minimum atomic E-state index is -0.787. The minimum Gasteiger partial charge on any atom is -0.481 e. The van der Waals surface area contributed by atoms with Gasteiger partial charge in [-0.3, -0.25) is 4.79 Å². The fourth-order valence-corrected chi connectivity index (χ4v) is 1.96. The molecule has 0 radical (unpaired) electrons. The minimum absolute atomic E-state index is 0.105. The van der Waals surface area contributed by atoms with Gasteiger partial charge in [0.15, 0.2) is 0 Å². The van der Waals surface area contributed by atoms with Crippen molar-refractivity contribution < 1.29 is 14.6 Å². The standard InChI is InChI=1S/C11H23NO3/c1-6-12-11(4,7-9(13)14)8-10(2,3)15-5/h12H,6-8H2,1-5H3,(H,13,14). The van der Waals surface area contributed by atoms with Crippen LogP contribution in [0, 0.1) is 0 Å². The van der Waals surface area contributed by atoms with Gasteiger partial charge in [-0.05, 0) is 33.7 Å². The molecule has 0 aliphatic carbocycles. The molecule has 1 atom stereocenters. The average Bonchev–Trinajstić information content (AvgIpc) is 2.01. The lowest BCUT2D eigenvalue weighted by Gasteiger charge is -2.36. The van der Waals surface area contributed by atoms with Crippen LogP contribution in [0.3, 0.4) is 0 Å². The van der Waals surface area contributed by atoms with Gasteiger partial charge in [0.1, 0.15) is 0 Å². The van der Waals surface area contributed by atoms with E-state index in [0.29, 0.717) is 6.42 Å². The van der Waals surface area contributed by atoms with Crippen LogP contribution in [0.15, 0.2) is 0 Å². The van der Waals surface area contributed by atoms with Crippen molar-refractivity contribution in [2.45, 2.75) is 51.7 Å². The van der Waals surface area contributed by atoms with Gasteiger partial charge in [0.2, 0.25) is 0 Å². The van der Waals surface area contributed by atoms with Crippen molar-refractivity contribution in [1.29, 1.82) is 0 Å². The van der Waals surface area contributed by atoms with Crippen LogP contribution in [0.5, 0.6) is 0 Å². The van der Waals surface area contributed by atoms with Crippen LogP contribution in [0.4, 0.5) is 0 Å². The number of ether oxygens (including phenoxy) is 1. The summed E-state index contributed by atoms with van der Waals surface area (Å²) in [6, 6.07) is 0. The van der Waals surface area contributed by atoms with Gasteiger partial charge in [-0.25, -0.2) is 0 Å². The van der Waals surface area contributed by atoms with Gasteiger partial charge in [-0.1, -0.05) is 6.92 Å². The van der Waals surface area contributed by atoms with Crippen molar-refractivity contribution in [3.05, 3.63) is 0 Å². The summed E-state index contributed by atoms with van der Waals surface area (Å²) in [6.07, 6.45) is 0.768. The van der Waals surface area contributed by atoms with E-state index in [0.717, 1.165) is 6.54 Å². The lowest BCUT2D eigenvalue weighted by atomic mass is 9.85. The van der Waals surface area contributed by atoms with Crippen LogP contribution in [0.1, 0.15) is 40.5 Å². The first-order valence-electron chi connectivity index (χ1n) is 5.26. The van der Waals surface area contributed by atoms with E-state index in [1.165, 1.54) is 0 Å². The van der Waals surface area contributed by atoms with Crippen molar-refractivity contribution in [1.82, 2.24) is 5.32 Å². The number of carboxylic acid groups (broad SMARTS) is 1. The van der Waals surface area contributed by atoms with E-state index in [9.17, 15) is 4.79 Å². The van der Waals surface area contributed by atoms with E-state index in [-0.39, 0.29) is 12.0 Å². The molecule has 0 heterocycles. The van der Waals surface area contributed by atoms with Gasteiger partial charge in [-0.2, -0.15) is 0 Å². The Hall–Kier alpha value is -0.610. The third-order valence-corrected chi connectivity index (χ3v) is 2.51. The topological polar surface area (TPSA) is 58.6 Å². The van der Waals surface area contributed by atoms with Gasteiger partial charge in [0.25, 0.3) is 0 Å². The SMILES string of the molecule is CCNC(C)(CC(=O)O)CC(C)(C)OC. The van der Waals surface area contributed by atoms with E-state index >= 15 is 0 Å². The number of aliphatic carboxylic acids is 1. The molecule has 0 spiro atoms. The average molecular weight is 217 g/mol. The van der Waals surface area contributed by atoms with Gasteiger partial charge >= 0.3 is 5.97 Å². The molecule has 0 saturated heterocycles. The second-order valence-electron chi connectivity index (χ2n) is 4.80. The Bertz CT molecular complexity index is 216. The van der Waals surface area contributed by atoms with E-state index < -0.39 is 11.5 Å². The molecular formula is C11H23NO3. The Kier molecular flexibility index (Phi) is 5.24. The summed E-state index contributed by atoms with van der Waals surface area (Å²) in [5.74, 6) is -0.787. The van der Waals surface area contributed by atoms with Crippen molar-refractivity contribution in [2.75, 3.05) is 13.7 Å². The van der Waals surface area contributed by atoms with Gasteiger partial charge in [0.05, 0.1) is 12.0 Å². The molecule has 0 rings (SSSR count). The maximum atomic E-state index is 10.8. The predicted molar refractivity (Wildman–Crippen MR) is 60.0 cm³/mol. The number of nitrogens with one attached hydrogen (secondary N) is 1. The zero-order valence-electron chi connectivity index (χ0n) is 10.4. The molecule has 0 fully saturated rings. The number of hydrogen-bond donors (Lipinski definition) is 2. The largest absolute Gasteiger partial charge is 0.481 e. The summed E-state index contributed by atoms with van der Waals surface area (Å²) in [5.41, 5.74) is -0.730. The maximum Gasteiger partial charge on any atom is 0.305 e. The van der Waals surface area contributed by atoms with Crippen LogP contribution in [-0.2, 0) is 9.53 Å². The van der Waals surface area contributed by atoms with E-state index in [1.807, 2.05) is 27.7 Å². The Morgan fingerprint density at radius 1 is 1.40 bits per heavy atom. The highest BCUT2D eigenvalue weighted by molar-refractivity contribution is 5.68. The monoisotopic (exact) mass is 217 g/mol. The fraction of sp³-hybridized carbons (Fsp3) is 0.909. The molecule has 0 aromatic rings. The third-order valence-electron chi connectivity index (χ3n) is 2.51. The molecule has 0 saturated carbocycles. The maximum absolute atomic E-state index is 10.8. The number of carbonyl (C=O) groups is 1. The lowest BCUT2D eigenvalue weighted by Crippen LogP contribution is -2.49. The Balaban J connectivity index is 4.56. The molecule has 1 unspecified atom stereocenters. The van der Waals surface area contributed by atoms with Crippen LogP contribution in [0.2, 0.25) is 0 Å². The molecule has 4 nitrogen and oxygen atoms in total. The Morgan fingerprint density at radius 2 is 1.93 bits per heavy atom. The van der Waals surface area contributed by atoms with Crippen molar-refractivity contribution in [3.63, 3.8) is 0 Å². The fourth-order valence-electron chi connectivity index (χ4n) is 1.96. The number of methoxy groups -OCH3 is 1. The van der Waals surface area contributed by atoms with Crippen LogP contribution >= 0.6 is 0 Å². The van der Waals surface area contributed by atoms with E-state index in [4.69, 9.17) is 9.84 Å². The van der Waals surface area contributed by atoms with Crippen molar-refractivity contribution in [2.24, 2.45) is 0 Å². The second-order valence-corrected chi connectivity index (χ2v) is 4.80. The molecule has 0 aliphatic rings. The smallest absolute Gasteiger partial charge is 0.305 e. The molecule has 90 valence electrons. The van der Waals surface area contributed by atoms with Crippen LogP contribution < -0.4 is 5.32 Å². The lowest BCUT2D eigenvalue weighted by molar-refractivity contribution is -0.139. The third kappa shape index (κ3) is 5.74. The molecule has 0 aromatic carbocycles. The molecule has 4 heteroatoms. The number of hydrogen-bond acceptors (Lipinski definition) is 3. The Morgan fingerprint density at radius 3 is 2.27 bits per heavy atom. The molecule has 0 aromatic heterocycles. The highest BCUT2D eigenvalue weighted by atomic mass is 16.5. The summed E-state index contributed by atoms with van der Waals surface area (Å²) in [4.78, 5) is 10.8. The Labute approximate surface area is 92.0 Å². The normalized spacial score (nSPS) is 16.1. The molecule has 2 N–H and O–H groups in total. The molecule has 0 aliphatic heterocycles. The van der Waals surface area contributed by atoms with E-state index in [1.54, 1.807) is 7.11 Å². The molecule has 15 heavy (non-hydrogen) atoms. The number of carboxylic acids is 1. The molecule has 0 bridgehead atoms. The zero-order chi connectivity index (χ0) is 12.1. The highest BCUT2D eigenvalue weighted by Crippen LogP contribution is 2.25. The predicted octanol–water partition coefficient (Wildman–Crippen LogP) is 1.64. The molecule has 0 amide bonds. The van der Waals surface area contributed by atoms with Gasteiger partial charge in [-0.15, -0.1) is 0 Å². The summed E-state index contributed by atoms with van der Waals surface area (Å²) in [6.45, 7) is 8.57. The first kappa shape index (κ1) is 14.4. The quantitative estimate of drug-likeness (QED) is 0.680. The van der Waals surface area contributed by atoms with Crippen LogP contribution in [-0.4, -0.2) is 35.9 Å². The first-order valence-corrected chi connectivity index (χ1v) is 5.26. The van der Waals surface area contributed by atoms with Crippen molar-refractivity contribution in [3.8, 4) is 0 Å². The van der Waals surface area contributed by atoms with Crippen LogP contribution in [0.25, 0.3) is 0 Å². The second kappa shape index (κ2) is 5.47. The summed E-state index contributed by atoms with van der Waals surface area (Å²) in [7, 11) is 1.65. The molecular weight excluding hydrogens is 194 g/mol.